The van der Waals surface area contributed by atoms with Crippen LogP contribution >= 0.6 is 0 Å². The maximum atomic E-state index is 12.5. The number of nitrogens with zero attached hydrogens (tertiary/aromatic N) is 2. The van der Waals surface area contributed by atoms with Crippen molar-refractivity contribution in [3.63, 3.8) is 0 Å². The number of methoxy groups -OCH3 is 4. The van der Waals surface area contributed by atoms with Crippen molar-refractivity contribution in [3.05, 3.63) is 54.7 Å². The number of hydrogen-bond donors (Lipinski definition) is 3. The summed E-state index contributed by atoms with van der Waals surface area (Å²) in [6.07, 6.45) is 5.55. The summed E-state index contributed by atoms with van der Waals surface area (Å²) in [6, 6.07) is 8.61. The van der Waals surface area contributed by atoms with Crippen LogP contribution in [0.2, 0.25) is 0 Å². The molecule has 2 amide bonds. The number of rotatable bonds is 10. The summed E-state index contributed by atoms with van der Waals surface area (Å²) < 4.78 is 27.4. The number of carbonyl (C=O) groups is 1. The van der Waals surface area contributed by atoms with Gasteiger partial charge in [0.05, 0.1) is 46.7 Å². The number of carbonyl (C=O) groups excluding carboxylic acids is 1. The van der Waals surface area contributed by atoms with E-state index in [0.717, 1.165) is 11.3 Å². The maximum absolute atomic E-state index is 12.5. The van der Waals surface area contributed by atoms with Gasteiger partial charge in [0.15, 0.2) is 17.3 Å². The highest BCUT2D eigenvalue weighted by Gasteiger charge is 2.20. The minimum Gasteiger partial charge on any atom is -0.495 e. The molecule has 2 aromatic carbocycles. The number of aromatic amines is 1. The summed E-state index contributed by atoms with van der Waals surface area (Å²) in [7, 11) is 6.17. The molecule has 0 fully saturated rings. The van der Waals surface area contributed by atoms with Crippen LogP contribution in [-0.4, -0.2) is 56.1 Å². The molecule has 0 spiro atoms. The lowest BCUT2D eigenvalue weighted by atomic mass is 10.0. The lowest BCUT2D eigenvalue weighted by Crippen LogP contribution is -2.30. The summed E-state index contributed by atoms with van der Waals surface area (Å²) in [4.78, 5) is 19.5. The summed E-state index contributed by atoms with van der Waals surface area (Å²) in [5.74, 6) is 2.44. The predicted molar refractivity (Wildman–Crippen MR) is 133 cm³/mol. The van der Waals surface area contributed by atoms with Crippen LogP contribution in [-0.2, 0) is 6.42 Å². The van der Waals surface area contributed by atoms with E-state index in [-0.39, 0.29) is 6.03 Å². The van der Waals surface area contributed by atoms with Crippen LogP contribution in [0.1, 0.15) is 5.69 Å². The van der Waals surface area contributed by atoms with Gasteiger partial charge < -0.3 is 39.1 Å². The average molecular weight is 494 g/mol. The van der Waals surface area contributed by atoms with Gasteiger partial charge in [0.2, 0.25) is 5.75 Å². The van der Waals surface area contributed by atoms with E-state index in [4.69, 9.17) is 23.5 Å². The number of amides is 2. The standard InChI is InChI=1S/C25H27N5O6/c1-32-20-6-5-15(9-19(20)30-25(31)27-8-7-17-12-26-14-28-17)18-13-29-36-23(18)16-10-21(33-2)24(35-4)22(11-16)34-3/h5-6,9-14H,7-8H2,1-4H3,(H,26,28)(H2,27,30,31). The van der Waals surface area contributed by atoms with Crippen LogP contribution in [0.15, 0.2) is 53.6 Å². The van der Waals surface area contributed by atoms with E-state index in [9.17, 15) is 4.79 Å². The molecule has 0 aliphatic rings. The zero-order valence-electron chi connectivity index (χ0n) is 20.4. The Hall–Kier alpha value is -4.67. The second-order valence-corrected chi connectivity index (χ2v) is 7.61. The summed E-state index contributed by atoms with van der Waals surface area (Å²) in [5, 5.41) is 9.67. The number of imidazole rings is 1. The molecule has 0 bridgehead atoms. The molecule has 11 heteroatoms. The van der Waals surface area contributed by atoms with Gasteiger partial charge in [-0.2, -0.15) is 0 Å². The molecule has 0 radical (unpaired) electrons. The van der Waals surface area contributed by atoms with Crippen LogP contribution in [0.25, 0.3) is 22.5 Å². The number of aromatic nitrogens is 3. The molecular formula is C25H27N5O6. The van der Waals surface area contributed by atoms with Crippen LogP contribution < -0.4 is 29.6 Å². The van der Waals surface area contributed by atoms with Gasteiger partial charge in [-0.3, -0.25) is 0 Å². The first kappa shape index (κ1) is 24.5. The second kappa shape index (κ2) is 11.2. The molecule has 2 heterocycles. The van der Waals surface area contributed by atoms with Crippen molar-refractivity contribution in [1.29, 1.82) is 0 Å². The van der Waals surface area contributed by atoms with E-state index >= 15 is 0 Å². The fraction of sp³-hybridized carbons (Fsp3) is 0.240. The van der Waals surface area contributed by atoms with E-state index in [1.165, 1.54) is 7.11 Å². The fourth-order valence-corrected chi connectivity index (χ4v) is 3.74. The average Bonchev–Trinajstić information content (AvgIpc) is 3.60. The first-order valence-corrected chi connectivity index (χ1v) is 11.0. The largest absolute Gasteiger partial charge is 0.495 e. The molecule has 4 aromatic rings. The van der Waals surface area contributed by atoms with Crippen molar-refractivity contribution in [2.24, 2.45) is 0 Å². The third-order valence-electron chi connectivity index (χ3n) is 5.49. The highest BCUT2D eigenvalue weighted by atomic mass is 16.5. The van der Waals surface area contributed by atoms with Gasteiger partial charge >= 0.3 is 6.03 Å². The number of hydrogen-bond acceptors (Lipinski definition) is 8. The number of nitrogens with one attached hydrogen (secondary N) is 3. The monoisotopic (exact) mass is 493 g/mol. The SMILES string of the molecule is COc1ccc(-c2cnoc2-c2cc(OC)c(OC)c(OC)c2)cc1NC(=O)NCCc1cnc[nH]1. The Kier molecular flexibility index (Phi) is 7.59. The molecule has 0 atom stereocenters. The zero-order valence-corrected chi connectivity index (χ0v) is 20.4. The van der Waals surface area contributed by atoms with Gasteiger partial charge in [-0.05, 0) is 29.8 Å². The van der Waals surface area contributed by atoms with E-state index < -0.39 is 0 Å². The Morgan fingerprint density at radius 3 is 2.33 bits per heavy atom. The molecule has 36 heavy (non-hydrogen) atoms. The maximum Gasteiger partial charge on any atom is 0.319 e. The Balaban J connectivity index is 1.60. The molecule has 2 aromatic heterocycles. The van der Waals surface area contributed by atoms with E-state index in [1.807, 2.05) is 6.07 Å². The molecule has 0 aliphatic carbocycles. The van der Waals surface area contributed by atoms with Gasteiger partial charge in [0.1, 0.15) is 5.75 Å². The van der Waals surface area contributed by atoms with Crippen molar-refractivity contribution in [1.82, 2.24) is 20.4 Å². The van der Waals surface area contributed by atoms with Crippen molar-refractivity contribution < 1.29 is 28.3 Å². The third-order valence-corrected chi connectivity index (χ3v) is 5.49. The predicted octanol–water partition coefficient (Wildman–Crippen LogP) is 4.13. The summed E-state index contributed by atoms with van der Waals surface area (Å²) >= 11 is 0. The van der Waals surface area contributed by atoms with Crippen LogP contribution in [0.5, 0.6) is 23.0 Å². The smallest absolute Gasteiger partial charge is 0.319 e. The summed E-state index contributed by atoms with van der Waals surface area (Å²) in [6.45, 7) is 0.437. The minimum atomic E-state index is -0.361. The van der Waals surface area contributed by atoms with E-state index in [1.54, 1.807) is 64.3 Å². The van der Waals surface area contributed by atoms with Gasteiger partial charge in [-0.15, -0.1) is 0 Å². The molecule has 11 nitrogen and oxygen atoms in total. The highest BCUT2D eigenvalue weighted by molar-refractivity contribution is 5.93. The molecular weight excluding hydrogens is 466 g/mol. The lowest BCUT2D eigenvalue weighted by molar-refractivity contribution is 0.252. The Morgan fingerprint density at radius 1 is 0.944 bits per heavy atom. The van der Waals surface area contributed by atoms with Crippen LogP contribution in [0, 0.1) is 0 Å². The van der Waals surface area contributed by atoms with E-state index in [2.05, 4.69) is 25.8 Å². The Bertz CT molecular complexity index is 1290. The normalized spacial score (nSPS) is 10.6. The topological polar surface area (TPSA) is 133 Å². The van der Waals surface area contributed by atoms with Crippen molar-refractivity contribution in [2.45, 2.75) is 6.42 Å². The first-order valence-electron chi connectivity index (χ1n) is 11.0. The van der Waals surface area contributed by atoms with Gasteiger partial charge in [-0.25, -0.2) is 9.78 Å². The molecule has 188 valence electrons. The van der Waals surface area contributed by atoms with Crippen molar-refractivity contribution >= 4 is 11.7 Å². The molecule has 0 saturated carbocycles. The number of anilines is 1. The van der Waals surface area contributed by atoms with Gasteiger partial charge in [0, 0.05) is 36.0 Å². The van der Waals surface area contributed by atoms with Gasteiger partial charge in [0.25, 0.3) is 0 Å². The molecule has 3 N–H and O–H groups in total. The van der Waals surface area contributed by atoms with Crippen molar-refractivity contribution in [3.8, 4) is 45.4 Å². The third kappa shape index (κ3) is 5.19. The lowest BCUT2D eigenvalue weighted by Gasteiger charge is -2.14. The van der Waals surface area contributed by atoms with Crippen LogP contribution in [0.3, 0.4) is 0 Å². The Labute approximate surface area is 207 Å². The molecule has 4 rings (SSSR count). The summed E-state index contributed by atoms with van der Waals surface area (Å²) in [5.41, 5.74) is 3.56. The zero-order chi connectivity index (χ0) is 25.5. The Morgan fingerprint density at radius 2 is 1.69 bits per heavy atom. The number of H-pyrrole nitrogens is 1. The van der Waals surface area contributed by atoms with Crippen molar-refractivity contribution in [2.75, 3.05) is 40.3 Å². The number of urea groups is 1. The molecule has 0 unspecified atom stereocenters. The molecule has 0 aliphatic heterocycles. The van der Waals surface area contributed by atoms with E-state index in [0.29, 0.717) is 58.5 Å². The second-order valence-electron chi connectivity index (χ2n) is 7.61. The number of benzene rings is 2. The molecule has 0 saturated heterocycles. The number of ether oxygens (including phenoxy) is 4. The highest BCUT2D eigenvalue weighted by Crippen LogP contribution is 2.44. The minimum absolute atomic E-state index is 0.361. The van der Waals surface area contributed by atoms with Gasteiger partial charge in [-0.1, -0.05) is 11.2 Å². The van der Waals surface area contributed by atoms with Crippen LogP contribution in [0.4, 0.5) is 10.5 Å². The first-order chi connectivity index (χ1) is 17.6. The quantitative estimate of drug-likeness (QED) is 0.300. The fourth-order valence-electron chi connectivity index (χ4n) is 3.74.